The van der Waals surface area contributed by atoms with Crippen LogP contribution in [-0.2, 0) is 14.8 Å². The van der Waals surface area contributed by atoms with Crippen LogP contribution in [0.4, 0.5) is 11.4 Å². The zero-order valence-corrected chi connectivity index (χ0v) is 21.0. The van der Waals surface area contributed by atoms with Gasteiger partial charge in [0.15, 0.2) is 0 Å². The van der Waals surface area contributed by atoms with Gasteiger partial charge in [-0.2, -0.15) is 4.31 Å². The van der Waals surface area contributed by atoms with Crippen LogP contribution in [0.1, 0.15) is 40.5 Å². The van der Waals surface area contributed by atoms with Gasteiger partial charge >= 0.3 is 0 Å². The Morgan fingerprint density at radius 1 is 0.939 bits per heavy atom. The van der Waals surface area contributed by atoms with Crippen molar-refractivity contribution in [1.82, 2.24) is 4.31 Å². The molecule has 6 nitrogen and oxygen atoms in total. The van der Waals surface area contributed by atoms with E-state index in [9.17, 15) is 13.2 Å². The third-order valence-corrected chi connectivity index (χ3v) is 7.73. The van der Waals surface area contributed by atoms with Crippen molar-refractivity contribution in [2.45, 2.75) is 45.4 Å². The summed E-state index contributed by atoms with van der Waals surface area (Å²) < 4.78 is 27.9. The molecule has 33 heavy (non-hydrogen) atoms. The molecule has 3 rings (SSSR count). The van der Waals surface area contributed by atoms with Gasteiger partial charge in [-0.1, -0.05) is 45.9 Å². The van der Waals surface area contributed by atoms with E-state index in [1.54, 1.807) is 28.6 Å². The Bertz CT molecular complexity index is 987. The lowest BCUT2D eigenvalue weighted by Crippen LogP contribution is -2.38. The van der Waals surface area contributed by atoms with Gasteiger partial charge in [0.1, 0.15) is 0 Å². The SMILES string of the molecule is CC(C)CN(CC(C)C)S(=O)(=O)c1ccc(NC(=O)C2CCN(c3ccccc3)CC2)cc1. The third kappa shape index (κ3) is 6.81. The summed E-state index contributed by atoms with van der Waals surface area (Å²) in [6, 6.07) is 16.8. The monoisotopic (exact) mass is 471 g/mol. The molecule has 2 aromatic rings. The number of anilines is 2. The van der Waals surface area contributed by atoms with Gasteiger partial charge in [0.05, 0.1) is 4.90 Å². The van der Waals surface area contributed by atoms with E-state index in [0.717, 1.165) is 25.9 Å². The minimum absolute atomic E-state index is 0.000407. The van der Waals surface area contributed by atoms with Gasteiger partial charge in [0.2, 0.25) is 15.9 Å². The molecule has 1 amide bonds. The smallest absolute Gasteiger partial charge is 0.243 e. The number of nitrogens with zero attached hydrogens (tertiary/aromatic N) is 2. The molecule has 1 aliphatic heterocycles. The zero-order valence-electron chi connectivity index (χ0n) is 20.2. The van der Waals surface area contributed by atoms with Gasteiger partial charge in [-0.15, -0.1) is 0 Å². The van der Waals surface area contributed by atoms with Crippen LogP contribution in [0.25, 0.3) is 0 Å². The molecule has 0 atom stereocenters. The minimum Gasteiger partial charge on any atom is -0.371 e. The highest BCUT2D eigenvalue weighted by molar-refractivity contribution is 7.89. The molecular weight excluding hydrogens is 434 g/mol. The second-order valence-electron chi connectivity index (χ2n) is 9.72. The van der Waals surface area contributed by atoms with Crippen LogP contribution >= 0.6 is 0 Å². The highest BCUT2D eigenvalue weighted by atomic mass is 32.2. The normalized spacial score (nSPS) is 15.4. The predicted octanol–water partition coefficient (Wildman–Crippen LogP) is 4.84. The van der Waals surface area contributed by atoms with Crippen molar-refractivity contribution in [3.8, 4) is 0 Å². The van der Waals surface area contributed by atoms with Gasteiger partial charge in [-0.25, -0.2) is 8.42 Å². The Labute approximate surface area is 199 Å². The molecular formula is C26H37N3O3S. The lowest BCUT2D eigenvalue weighted by molar-refractivity contribution is -0.120. The molecule has 0 spiro atoms. The van der Waals surface area contributed by atoms with Crippen molar-refractivity contribution in [2.75, 3.05) is 36.4 Å². The molecule has 2 aromatic carbocycles. The van der Waals surface area contributed by atoms with E-state index in [0.29, 0.717) is 18.8 Å². The predicted molar refractivity (Wildman–Crippen MR) is 135 cm³/mol. The van der Waals surface area contributed by atoms with Gasteiger partial charge in [-0.05, 0) is 61.1 Å². The average Bonchev–Trinajstić information content (AvgIpc) is 2.79. The summed E-state index contributed by atoms with van der Waals surface area (Å²) in [5, 5.41) is 2.97. The first-order chi connectivity index (χ1) is 15.7. The molecule has 0 saturated carbocycles. The molecule has 1 fully saturated rings. The number of carbonyl (C=O) groups excluding carboxylic acids is 1. The molecule has 180 valence electrons. The lowest BCUT2D eigenvalue weighted by atomic mass is 9.95. The number of rotatable bonds is 9. The summed E-state index contributed by atoms with van der Waals surface area (Å²) in [5.74, 6) is 0.441. The van der Waals surface area contributed by atoms with E-state index in [-0.39, 0.29) is 28.6 Å². The van der Waals surface area contributed by atoms with Crippen LogP contribution < -0.4 is 10.2 Å². The van der Waals surface area contributed by atoms with Crippen molar-refractivity contribution in [1.29, 1.82) is 0 Å². The number of carbonyl (C=O) groups is 1. The third-order valence-electron chi connectivity index (χ3n) is 5.88. The quantitative estimate of drug-likeness (QED) is 0.568. The number of piperidine rings is 1. The maximum atomic E-state index is 13.2. The van der Waals surface area contributed by atoms with Gasteiger partial charge in [-0.3, -0.25) is 4.79 Å². The van der Waals surface area contributed by atoms with E-state index >= 15 is 0 Å². The van der Waals surface area contributed by atoms with Crippen LogP contribution in [-0.4, -0.2) is 44.8 Å². The summed E-state index contributed by atoms with van der Waals surface area (Å²) in [4.78, 5) is 15.4. The number of hydrogen-bond acceptors (Lipinski definition) is 4. The summed E-state index contributed by atoms with van der Waals surface area (Å²) in [6.07, 6.45) is 1.60. The first-order valence-electron chi connectivity index (χ1n) is 11.9. The average molecular weight is 472 g/mol. The molecule has 0 radical (unpaired) electrons. The van der Waals surface area contributed by atoms with E-state index < -0.39 is 10.0 Å². The topological polar surface area (TPSA) is 69.7 Å². The number of benzene rings is 2. The van der Waals surface area contributed by atoms with E-state index in [2.05, 4.69) is 22.3 Å². The Hall–Kier alpha value is -2.38. The lowest BCUT2D eigenvalue weighted by Gasteiger charge is -2.33. The second-order valence-corrected chi connectivity index (χ2v) is 11.7. The number of sulfonamides is 1. The Kier molecular flexibility index (Phi) is 8.54. The molecule has 7 heteroatoms. The van der Waals surface area contributed by atoms with Gasteiger partial charge < -0.3 is 10.2 Å². The number of para-hydroxylation sites is 1. The molecule has 1 N–H and O–H groups in total. The van der Waals surface area contributed by atoms with Crippen molar-refractivity contribution >= 4 is 27.3 Å². The summed E-state index contributed by atoms with van der Waals surface area (Å²) in [7, 11) is -3.57. The number of nitrogens with one attached hydrogen (secondary N) is 1. The first kappa shape index (κ1) is 25.2. The maximum Gasteiger partial charge on any atom is 0.243 e. The van der Waals surface area contributed by atoms with Crippen LogP contribution in [0.15, 0.2) is 59.5 Å². The van der Waals surface area contributed by atoms with E-state index in [1.807, 2.05) is 45.9 Å². The highest BCUT2D eigenvalue weighted by Crippen LogP contribution is 2.25. The Morgan fingerprint density at radius 2 is 1.48 bits per heavy atom. The maximum absolute atomic E-state index is 13.2. The van der Waals surface area contributed by atoms with E-state index in [1.165, 1.54) is 5.69 Å². The molecule has 0 aliphatic carbocycles. The van der Waals surface area contributed by atoms with Crippen LogP contribution in [0.3, 0.4) is 0 Å². The number of amides is 1. The molecule has 1 aliphatic rings. The molecule has 1 saturated heterocycles. The highest BCUT2D eigenvalue weighted by Gasteiger charge is 2.27. The van der Waals surface area contributed by atoms with Crippen LogP contribution in [0.2, 0.25) is 0 Å². The van der Waals surface area contributed by atoms with Gasteiger partial charge in [0.25, 0.3) is 0 Å². The van der Waals surface area contributed by atoms with E-state index in [4.69, 9.17) is 0 Å². The molecule has 0 unspecified atom stereocenters. The van der Waals surface area contributed by atoms with Crippen molar-refractivity contribution in [3.63, 3.8) is 0 Å². The Morgan fingerprint density at radius 3 is 2.00 bits per heavy atom. The Balaban J connectivity index is 1.60. The van der Waals surface area contributed by atoms with Crippen LogP contribution in [0, 0.1) is 17.8 Å². The zero-order chi connectivity index (χ0) is 24.0. The van der Waals surface area contributed by atoms with Gasteiger partial charge in [0, 0.05) is 43.5 Å². The second kappa shape index (κ2) is 11.2. The largest absolute Gasteiger partial charge is 0.371 e. The fourth-order valence-corrected chi connectivity index (χ4v) is 5.99. The minimum atomic E-state index is -3.57. The standard InChI is InChI=1S/C26H37N3O3S/c1-20(2)18-29(19-21(3)4)33(31,32)25-12-10-23(11-13-25)27-26(30)22-14-16-28(17-15-22)24-8-6-5-7-9-24/h5-13,20-22H,14-19H2,1-4H3,(H,27,30). The summed E-state index contributed by atoms with van der Waals surface area (Å²) in [6.45, 7) is 10.7. The van der Waals surface area contributed by atoms with Crippen molar-refractivity contribution in [2.24, 2.45) is 17.8 Å². The van der Waals surface area contributed by atoms with Crippen LogP contribution in [0.5, 0.6) is 0 Å². The van der Waals surface area contributed by atoms with Crippen molar-refractivity contribution in [3.05, 3.63) is 54.6 Å². The first-order valence-corrected chi connectivity index (χ1v) is 13.3. The fraction of sp³-hybridized carbons (Fsp3) is 0.500. The summed E-state index contributed by atoms with van der Waals surface area (Å²) >= 11 is 0. The molecule has 0 aromatic heterocycles. The number of hydrogen-bond donors (Lipinski definition) is 1. The molecule has 0 bridgehead atoms. The molecule has 1 heterocycles. The van der Waals surface area contributed by atoms with Crippen molar-refractivity contribution < 1.29 is 13.2 Å². The fourth-order valence-electron chi connectivity index (χ4n) is 4.23. The summed E-state index contributed by atoms with van der Waals surface area (Å²) in [5.41, 5.74) is 1.82.